The van der Waals surface area contributed by atoms with Gasteiger partial charge in [0.15, 0.2) is 0 Å². The summed E-state index contributed by atoms with van der Waals surface area (Å²) in [6.45, 7) is 0.668. The second-order valence-electron chi connectivity index (χ2n) is 8.82. The van der Waals surface area contributed by atoms with Gasteiger partial charge in [0.2, 0.25) is 5.91 Å². The molecule has 0 spiro atoms. The van der Waals surface area contributed by atoms with Crippen LogP contribution in [0.1, 0.15) is 29.0 Å². The number of hydrogen-bond acceptors (Lipinski definition) is 6. The number of pyridine rings is 1. The van der Waals surface area contributed by atoms with Gasteiger partial charge in [-0.15, -0.1) is 0 Å². The minimum atomic E-state index is -0.277. The Hall–Kier alpha value is -4.47. The predicted octanol–water partition coefficient (Wildman–Crippen LogP) is 2.77. The number of imidazole rings is 1. The molecule has 2 N–H and O–H groups in total. The van der Waals surface area contributed by atoms with E-state index in [0.717, 1.165) is 27.3 Å². The molecule has 35 heavy (non-hydrogen) atoms. The zero-order chi connectivity index (χ0) is 24.3. The molecule has 1 aliphatic heterocycles. The second-order valence-corrected chi connectivity index (χ2v) is 8.82. The highest BCUT2D eigenvalue weighted by molar-refractivity contribution is 6.10. The van der Waals surface area contributed by atoms with E-state index in [0.29, 0.717) is 42.1 Å². The summed E-state index contributed by atoms with van der Waals surface area (Å²) in [5.41, 5.74) is 9.86. The normalized spacial score (nSPS) is 14.0. The van der Waals surface area contributed by atoms with Crippen LogP contribution in [-0.2, 0) is 25.4 Å². The van der Waals surface area contributed by atoms with Crippen molar-refractivity contribution >= 4 is 50.5 Å². The average molecular weight is 469 g/mol. The highest BCUT2D eigenvalue weighted by atomic mass is 16.2. The van der Waals surface area contributed by atoms with E-state index >= 15 is 0 Å². The number of aryl methyl sites for hydroxylation is 2. The number of rotatable bonds is 4. The Balaban J connectivity index is 1.45. The summed E-state index contributed by atoms with van der Waals surface area (Å²) in [4.78, 5) is 35.8. The van der Waals surface area contributed by atoms with Gasteiger partial charge in [-0.3, -0.25) is 19.3 Å². The zero-order valence-electron chi connectivity index (χ0n) is 19.5. The molecular weight excluding hydrogens is 444 g/mol. The molecule has 176 valence electrons. The van der Waals surface area contributed by atoms with Crippen molar-refractivity contribution in [2.24, 2.45) is 14.1 Å². The number of benzene rings is 2. The van der Waals surface area contributed by atoms with E-state index in [4.69, 9.17) is 10.7 Å². The van der Waals surface area contributed by atoms with Crippen molar-refractivity contribution < 1.29 is 9.59 Å². The number of anilines is 1. The fraction of sp³-hybridized carbons (Fsp3) is 0.240. The zero-order valence-corrected chi connectivity index (χ0v) is 19.5. The Labute approximate surface area is 200 Å². The van der Waals surface area contributed by atoms with Gasteiger partial charge in [-0.2, -0.15) is 5.10 Å². The molecule has 0 bridgehead atoms. The molecule has 2 aromatic carbocycles. The Morgan fingerprint density at radius 2 is 1.91 bits per heavy atom. The van der Waals surface area contributed by atoms with Crippen LogP contribution in [0.2, 0.25) is 0 Å². The van der Waals surface area contributed by atoms with Crippen molar-refractivity contribution in [2.75, 3.05) is 12.3 Å². The summed E-state index contributed by atoms with van der Waals surface area (Å²) >= 11 is 0. The maximum absolute atomic E-state index is 13.9. The first-order chi connectivity index (χ1) is 16.9. The second kappa shape index (κ2) is 7.79. The summed E-state index contributed by atoms with van der Waals surface area (Å²) in [5, 5.41) is 8.88. The largest absolute Gasteiger partial charge is 0.383 e. The maximum atomic E-state index is 13.9. The molecule has 5 aromatic rings. The smallest absolute Gasteiger partial charge is 0.272 e. The molecule has 10 nitrogen and oxygen atoms in total. The fourth-order valence-corrected chi connectivity index (χ4v) is 4.87. The van der Waals surface area contributed by atoms with Crippen molar-refractivity contribution in [1.29, 1.82) is 0 Å². The first-order valence-corrected chi connectivity index (χ1v) is 11.5. The van der Waals surface area contributed by atoms with E-state index in [9.17, 15) is 9.59 Å². The third-order valence-electron chi connectivity index (χ3n) is 6.70. The van der Waals surface area contributed by atoms with Gasteiger partial charge in [-0.05, 0) is 36.8 Å². The Morgan fingerprint density at radius 1 is 1.09 bits per heavy atom. The Kier molecular flexibility index (Phi) is 4.70. The lowest BCUT2D eigenvalue weighted by Crippen LogP contribution is -2.47. The molecule has 1 saturated heterocycles. The summed E-state index contributed by atoms with van der Waals surface area (Å²) in [5.74, 6) is 0.747. The number of hydrazine groups is 1. The van der Waals surface area contributed by atoms with Crippen LogP contribution in [0, 0.1) is 0 Å². The lowest BCUT2D eigenvalue weighted by Gasteiger charge is -2.31. The highest BCUT2D eigenvalue weighted by Gasteiger charge is 2.32. The summed E-state index contributed by atoms with van der Waals surface area (Å²) < 4.78 is 3.69. The third kappa shape index (κ3) is 3.29. The van der Waals surface area contributed by atoms with Gasteiger partial charge >= 0.3 is 0 Å². The number of para-hydroxylation sites is 2. The summed E-state index contributed by atoms with van der Waals surface area (Å²) in [6.07, 6.45) is 2.80. The van der Waals surface area contributed by atoms with E-state index in [1.807, 2.05) is 42.9 Å². The number of carbonyl (C=O) groups excluding carboxylic acids is 2. The molecule has 4 heterocycles. The molecule has 0 atom stereocenters. The van der Waals surface area contributed by atoms with Gasteiger partial charge in [-0.25, -0.2) is 15.0 Å². The maximum Gasteiger partial charge on any atom is 0.272 e. The minimum absolute atomic E-state index is 0.0682. The molecule has 2 amide bonds. The van der Waals surface area contributed by atoms with Crippen LogP contribution in [0.25, 0.3) is 32.8 Å². The van der Waals surface area contributed by atoms with Crippen molar-refractivity contribution in [3.05, 3.63) is 60.0 Å². The topological polar surface area (TPSA) is 115 Å². The van der Waals surface area contributed by atoms with Crippen LogP contribution in [0.3, 0.4) is 0 Å². The number of nitrogens with two attached hydrogens (primary N) is 1. The molecule has 1 fully saturated rings. The van der Waals surface area contributed by atoms with Crippen molar-refractivity contribution in [3.63, 3.8) is 0 Å². The number of nitrogens with zero attached hydrogens (tertiary/aromatic N) is 7. The predicted molar refractivity (Wildman–Crippen MR) is 132 cm³/mol. The third-order valence-corrected chi connectivity index (χ3v) is 6.70. The standard InChI is InChI=1S/C25H24N8O2/c1-30-20-7-4-3-6-19(20)28-21(30)14-33(32-11-5-8-22(32)34)25(35)15-9-10-18-16(12-15)23-17(24(26)29-18)13-27-31(23)2/h3-4,6-7,9-10,12-13H,5,8,11,14H2,1-2H3,(H2,26,29). The molecule has 10 heteroatoms. The van der Waals surface area contributed by atoms with E-state index in [1.54, 1.807) is 34.1 Å². The van der Waals surface area contributed by atoms with Gasteiger partial charge in [0.25, 0.3) is 5.91 Å². The lowest BCUT2D eigenvalue weighted by atomic mass is 10.1. The quantitative estimate of drug-likeness (QED) is 0.434. The summed E-state index contributed by atoms with van der Waals surface area (Å²) in [7, 11) is 3.75. The van der Waals surface area contributed by atoms with Crippen LogP contribution < -0.4 is 5.73 Å². The summed E-state index contributed by atoms with van der Waals surface area (Å²) in [6, 6.07) is 13.1. The molecule has 0 saturated carbocycles. The molecule has 0 radical (unpaired) electrons. The molecule has 0 aliphatic carbocycles. The molecule has 6 rings (SSSR count). The number of fused-ring (bicyclic) bond motifs is 4. The monoisotopic (exact) mass is 468 g/mol. The molecule has 3 aromatic heterocycles. The Bertz CT molecular complexity index is 1650. The van der Waals surface area contributed by atoms with E-state index in [-0.39, 0.29) is 18.4 Å². The SMILES string of the molecule is Cn1ncc2c(N)nc3ccc(C(=O)N(Cc4nc5ccccc5n4C)N4CCCC4=O)cc3c21. The number of carbonyl (C=O) groups is 2. The van der Waals surface area contributed by atoms with Crippen LogP contribution in [0.5, 0.6) is 0 Å². The van der Waals surface area contributed by atoms with Crippen molar-refractivity contribution in [1.82, 2.24) is 34.3 Å². The number of hydrogen-bond donors (Lipinski definition) is 1. The number of nitrogen functional groups attached to an aromatic ring is 1. The van der Waals surface area contributed by atoms with Crippen LogP contribution in [0.4, 0.5) is 5.82 Å². The minimum Gasteiger partial charge on any atom is -0.383 e. The van der Waals surface area contributed by atoms with Gasteiger partial charge < -0.3 is 10.3 Å². The number of aromatic nitrogens is 5. The van der Waals surface area contributed by atoms with Crippen molar-refractivity contribution in [2.45, 2.75) is 19.4 Å². The number of amides is 2. The van der Waals surface area contributed by atoms with E-state index in [2.05, 4.69) is 10.1 Å². The molecule has 0 unspecified atom stereocenters. The fourth-order valence-electron chi connectivity index (χ4n) is 4.87. The molecule has 1 aliphatic rings. The first kappa shape index (κ1) is 21.1. The van der Waals surface area contributed by atoms with E-state index < -0.39 is 0 Å². The highest BCUT2D eigenvalue weighted by Crippen LogP contribution is 2.29. The average Bonchev–Trinajstić information content (AvgIpc) is 3.55. The van der Waals surface area contributed by atoms with Crippen molar-refractivity contribution in [3.8, 4) is 0 Å². The first-order valence-electron chi connectivity index (χ1n) is 11.5. The van der Waals surface area contributed by atoms with Crippen LogP contribution in [-0.4, -0.2) is 52.7 Å². The van der Waals surface area contributed by atoms with Crippen LogP contribution >= 0.6 is 0 Å². The van der Waals surface area contributed by atoms with E-state index in [1.165, 1.54) is 5.01 Å². The van der Waals surface area contributed by atoms with Gasteiger partial charge in [0.05, 0.1) is 33.6 Å². The van der Waals surface area contributed by atoms with Gasteiger partial charge in [0.1, 0.15) is 18.2 Å². The Morgan fingerprint density at radius 3 is 2.69 bits per heavy atom. The van der Waals surface area contributed by atoms with Gasteiger partial charge in [0, 0.05) is 38.0 Å². The molecular formula is C25H24N8O2. The lowest BCUT2D eigenvalue weighted by molar-refractivity contribution is -0.140. The van der Waals surface area contributed by atoms with Crippen LogP contribution in [0.15, 0.2) is 48.7 Å². The van der Waals surface area contributed by atoms with Gasteiger partial charge in [-0.1, -0.05) is 12.1 Å².